The lowest BCUT2D eigenvalue weighted by Crippen LogP contribution is -2.06. The van der Waals surface area contributed by atoms with E-state index in [9.17, 15) is 0 Å². The zero-order valence-electron chi connectivity index (χ0n) is 12.7. The van der Waals surface area contributed by atoms with Gasteiger partial charge in [0.2, 0.25) is 5.95 Å². The van der Waals surface area contributed by atoms with Crippen LogP contribution in [0.3, 0.4) is 0 Å². The van der Waals surface area contributed by atoms with E-state index in [-0.39, 0.29) is 0 Å². The van der Waals surface area contributed by atoms with Gasteiger partial charge >= 0.3 is 0 Å². The first-order valence-electron chi connectivity index (χ1n) is 7.34. The van der Waals surface area contributed by atoms with E-state index in [1.54, 1.807) is 12.3 Å². The summed E-state index contributed by atoms with van der Waals surface area (Å²) in [6.07, 6.45) is 5.51. The zero-order valence-corrected chi connectivity index (χ0v) is 12.7. The van der Waals surface area contributed by atoms with Crippen LogP contribution in [0.15, 0.2) is 43.1 Å². The molecule has 0 atom stereocenters. The molecule has 4 nitrogen and oxygen atoms in total. The van der Waals surface area contributed by atoms with Gasteiger partial charge in [0.25, 0.3) is 0 Å². The monoisotopic (exact) mass is 282 g/mol. The van der Waals surface area contributed by atoms with Crippen LogP contribution in [-0.2, 0) is 12.8 Å². The number of para-hydroxylation sites is 1. The molecule has 0 amide bonds. The van der Waals surface area contributed by atoms with Crippen LogP contribution in [0.5, 0.6) is 0 Å². The van der Waals surface area contributed by atoms with E-state index in [0.717, 1.165) is 24.3 Å². The fraction of sp³-hybridized carbons (Fsp3) is 0.294. The third-order valence-electron chi connectivity index (χ3n) is 3.32. The molecule has 110 valence electrons. The van der Waals surface area contributed by atoms with Gasteiger partial charge in [0, 0.05) is 18.4 Å². The molecule has 0 radical (unpaired) electrons. The summed E-state index contributed by atoms with van der Waals surface area (Å²) in [6, 6.07) is 8.23. The van der Waals surface area contributed by atoms with Crippen molar-refractivity contribution in [3.8, 4) is 0 Å². The number of nitrogens with one attached hydrogen (secondary N) is 2. The third kappa shape index (κ3) is 3.81. The molecular weight excluding hydrogens is 260 g/mol. The smallest absolute Gasteiger partial charge is 0.229 e. The predicted octanol–water partition coefficient (Wildman–Crippen LogP) is 3.94. The van der Waals surface area contributed by atoms with E-state index >= 15 is 0 Å². The van der Waals surface area contributed by atoms with E-state index < -0.39 is 0 Å². The lowest BCUT2D eigenvalue weighted by molar-refractivity contribution is 1.07. The second kappa shape index (κ2) is 7.43. The molecule has 2 N–H and O–H groups in total. The van der Waals surface area contributed by atoms with Crippen LogP contribution in [0.25, 0.3) is 0 Å². The summed E-state index contributed by atoms with van der Waals surface area (Å²) in [6.45, 7) is 8.68. The Morgan fingerprint density at radius 3 is 2.48 bits per heavy atom. The summed E-state index contributed by atoms with van der Waals surface area (Å²) >= 11 is 0. The minimum atomic E-state index is 0.611. The molecule has 0 aliphatic carbocycles. The number of aromatic nitrogens is 2. The maximum absolute atomic E-state index is 4.48. The normalized spacial score (nSPS) is 10.2. The van der Waals surface area contributed by atoms with Gasteiger partial charge < -0.3 is 10.6 Å². The summed E-state index contributed by atoms with van der Waals surface area (Å²) in [4.78, 5) is 8.78. The standard InChI is InChI=1S/C17H22N4/c1-4-11-18-15-10-12-19-17(20-15)21-16-13(5-2)8-7-9-14(16)6-3/h4,7-10,12H,1,5-6,11H2,2-3H3,(H2,18,19,20,21). The molecule has 0 bridgehead atoms. The van der Waals surface area contributed by atoms with Crippen molar-refractivity contribution in [1.29, 1.82) is 0 Å². The first kappa shape index (κ1) is 15.0. The number of aryl methyl sites for hydroxylation is 2. The van der Waals surface area contributed by atoms with Gasteiger partial charge in [-0.3, -0.25) is 0 Å². The van der Waals surface area contributed by atoms with Crippen LogP contribution < -0.4 is 10.6 Å². The molecule has 0 fully saturated rings. The van der Waals surface area contributed by atoms with Crippen LogP contribution in [-0.4, -0.2) is 16.5 Å². The van der Waals surface area contributed by atoms with Gasteiger partial charge in [0.15, 0.2) is 0 Å². The van der Waals surface area contributed by atoms with Gasteiger partial charge in [-0.25, -0.2) is 4.98 Å². The minimum absolute atomic E-state index is 0.611. The van der Waals surface area contributed by atoms with Crippen LogP contribution in [0.4, 0.5) is 17.5 Å². The predicted molar refractivity (Wildman–Crippen MR) is 89.2 cm³/mol. The lowest BCUT2D eigenvalue weighted by atomic mass is 10.0. The molecule has 0 saturated carbocycles. The molecule has 1 aromatic carbocycles. The molecule has 2 aromatic rings. The van der Waals surface area contributed by atoms with Crippen molar-refractivity contribution in [3.05, 3.63) is 54.2 Å². The molecule has 0 spiro atoms. The molecular formula is C17H22N4. The van der Waals surface area contributed by atoms with Crippen LogP contribution in [0.2, 0.25) is 0 Å². The quantitative estimate of drug-likeness (QED) is 0.755. The zero-order chi connectivity index (χ0) is 15.1. The average molecular weight is 282 g/mol. The fourth-order valence-electron chi connectivity index (χ4n) is 2.21. The summed E-state index contributed by atoms with van der Waals surface area (Å²) in [5.74, 6) is 1.40. The van der Waals surface area contributed by atoms with Crippen molar-refractivity contribution in [2.24, 2.45) is 0 Å². The van der Waals surface area contributed by atoms with Crippen molar-refractivity contribution >= 4 is 17.5 Å². The number of benzene rings is 1. The van der Waals surface area contributed by atoms with Gasteiger partial charge in [-0.2, -0.15) is 4.98 Å². The maximum Gasteiger partial charge on any atom is 0.229 e. The van der Waals surface area contributed by atoms with Crippen LogP contribution >= 0.6 is 0 Å². The number of hydrogen-bond acceptors (Lipinski definition) is 4. The number of rotatable bonds is 7. The van der Waals surface area contributed by atoms with E-state index in [4.69, 9.17) is 0 Å². The molecule has 0 aliphatic rings. The highest BCUT2D eigenvalue weighted by Gasteiger charge is 2.08. The molecule has 1 aromatic heterocycles. The van der Waals surface area contributed by atoms with Crippen molar-refractivity contribution in [2.75, 3.05) is 17.2 Å². The Balaban J connectivity index is 2.27. The summed E-state index contributed by atoms with van der Waals surface area (Å²) < 4.78 is 0. The summed E-state index contributed by atoms with van der Waals surface area (Å²) in [5, 5.41) is 6.54. The van der Waals surface area contributed by atoms with Crippen LogP contribution in [0.1, 0.15) is 25.0 Å². The summed E-state index contributed by atoms with van der Waals surface area (Å²) in [5.41, 5.74) is 3.69. The Morgan fingerprint density at radius 2 is 1.86 bits per heavy atom. The van der Waals surface area contributed by atoms with Gasteiger partial charge in [-0.1, -0.05) is 38.1 Å². The second-order valence-electron chi connectivity index (χ2n) is 4.72. The Hall–Kier alpha value is -2.36. The fourth-order valence-corrected chi connectivity index (χ4v) is 2.21. The van der Waals surface area contributed by atoms with E-state index in [0.29, 0.717) is 12.5 Å². The number of nitrogens with zero attached hydrogens (tertiary/aromatic N) is 2. The highest BCUT2D eigenvalue weighted by Crippen LogP contribution is 2.25. The van der Waals surface area contributed by atoms with Crippen LogP contribution in [0, 0.1) is 0 Å². The van der Waals surface area contributed by atoms with Gasteiger partial charge in [0.1, 0.15) is 5.82 Å². The molecule has 4 heteroatoms. The molecule has 0 unspecified atom stereocenters. The second-order valence-corrected chi connectivity index (χ2v) is 4.72. The Bertz CT molecular complexity index is 585. The maximum atomic E-state index is 4.48. The molecule has 1 heterocycles. The van der Waals surface area contributed by atoms with Gasteiger partial charge in [-0.05, 0) is 30.0 Å². The first-order chi connectivity index (χ1) is 10.3. The molecule has 21 heavy (non-hydrogen) atoms. The van der Waals surface area contributed by atoms with Gasteiger partial charge in [-0.15, -0.1) is 6.58 Å². The van der Waals surface area contributed by atoms with E-state index in [1.165, 1.54) is 11.1 Å². The number of anilines is 3. The van der Waals surface area contributed by atoms with E-state index in [2.05, 4.69) is 59.2 Å². The largest absolute Gasteiger partial charge is 0.366 e. The van der Waals surface area contributed by atoms with E-state index in [1.807, 2.05) is 6.07 Å². The SMILES string of the molecule is C=CCNc1ccnc(Nc2c(CC)cccc2CC)n1. The van der Waals surface area contributed by atoms with Crippen molar-refractivity contribution in [1.82, 2.24) is 9.97 Å². The van der Waals surface area contributed by atoms with Gasteiger partial charge in [0.05, 0.1) is 0 Å². The Labute approximate surface area is 126 Å². The minimum Gasteiger partial charge on any atom is -0.366 e. The highest BCUT2D eigenvalue weighted by atomic mass is 15.1. The Kier molecular flexibility index (Phi) is 5.32. The first-order valence-corrected chi connectivity index (χ1v) is 7.34. The topological polar surface area (TPSA) is 49.8 Å². The molecule has 2 rings (SSSR count). The number of hydrogen-bond donors (Lipinski definition) is 2. The Morgan fingerprint density at radius 1 is 1.14 bits per heavy atom. The van der Waals surface area contributed by atoms with Crippen molar-refractivity contribution in [3.63, 3.8) is 0 Å². The molecule has 0 saturated heterocycles. The van der Waals surface area contributed by atoms with Crippen molar-refractivity contribution in [2.45, 2.75) is 26.7 Å². The average Bonchev–Trinajstić information content (AvgIpc) is 2.53. The highest BCUT2D eigenvalue weighted by molar-refractivity contribution is 5.64. The third-order valence-corrected chi connectivity index (χ3v) is 3.32. The lowest BCUT2D eigenvalue weighted by Gasteiger charge is -2.14. The molecule has 0 aliphatic heterocycles. The summed E-state index contributed by atoms with van der Waals surface area (Å²) in [7, 11) is 0. The van der Waals surface area contributed by atoms with Crippen molar-refractivity contribution < 1.29 is 0 Å².